The third-order valence-electron chi connectivity index (χ3n) is 5.00. The first-order chi connectivity index (χ1) is 11.7. The summed E-state index contributed by atoms with van der Waals surface area (Å²) in [5.41, 5.74) is 0.778. The van der Waals surface area contributed by atoms with E-state index >= 15 is 0 Å². The highest BCUT2D eigenvalue weighted by atomic mass is 16.5. The average molecular weight is 326 g/mol. The molecule has 3 heterocycles. The lowest BCUT2D eigenvalue weighted by Gasteiger charge is -2.19. The van der Waals surface area contributed by atoms with E-state index in [1.54, 1.807) is 31.5 Å². The number of fused-ring (bicyclic) bond motifs is 1. The van der Waals surface area contributed by atoms with Crippen LogP contribution in [0.4, 0.5) is 0 Å². The highest BCUT2D eigenvalue weighted by Gasteiger charge is 2.50. The van der Waals surface area contributed by atoms with Crippen LogP contribution in [0, 0.1) is 11.8 Å². The van der Waals surface area contributed by atoms with Gasteiger partial charge in [-0.05, 0) is 31.9 Å². The Hall–Kier alpha value is -2.57. The molecule has 0 radical (unpaired) electrons. The predicted octanol–water partition coefficient (Wildman–Crippen LogP) is 2.37. The number of hydrogen-bond donors (Lipinski definition) is 0. The van der Waals surface area contributed by atoms with Crippen LogP contribution in [-0.4, -0.2) is 31.8 Å². The van der Waals surface area contributed by atoms with Crippen molar-refractivity contribution in [2.75, 3.05) is 0 Å². The van der Waals surface area contributed by atoms with Gasteiger partial charge in [0.05, 0.1) is 11.8 Å². The van der Waals surface area contributed by atoms with Crippen LogP contribution in [0.1, 0.15) is 44.5 Å². The van der Waals surface area contributed by atoms with Crippen molar-refractivity contribution in [3.8, 4) is 11.4 Å². The van der Waals surface area contributed by atoms with Crippen LogP contribution < -0.4 is 0 Å². The first-order valence-corrected chi connectivity index (χ1v) is 8.27. The Morgan fingerprint density at radius 1 is 1.12 bits per heavy atom. The fourth-order valence-electron chi connectivity index (χ4n) is 3.70. The number of pyridine rings is 1. The van der Waals surface area contributed by atoms with Crippen molar-refractivity contribution < 1.29 is 14.1 Å². The summed E-state index contributed by atoms with van der Waals surface area (Å²) in [6, 6.07) is 3.01. The van der Waals surface area contributed by atoms with E-state index in [-0.39, 0.29) is 29.5 Å². The van der Waals surface area contributed by atoms with Crippen molar-refractivity contribution in [3.63, 3.8) is 0 Å². The predicted molar refractivity (Wildman–Crippen MR) is 83.2 cm³/mol. The summed E-state index contributed by atoms with van der Waals surface area (Å²) < 4.78 is 5.32. The summed E-state index contributed by atoms with van der Waals surface area (Å²) in [5.74, 6) is 0.173. The van der Waals surface area contributed by atoms with Crippen LogP contribution in [0.25, 0.3) is 11.4 Å². The van der Waals surface area contributed by atoms with Gasteiger partial charge in [0, 0.05) is 18.0 Å². The van der Waals surface area contributed by atoms with Crippen molar-refractivity contribution in [1.29, 1.82) is 0 Å². The summed E-state index contributed by atoms with van der Waals surface area (Å²) >= 11 is 0. The number of carbonyl (C=O) groups excluding carboxylic acids is 2. The molecule has 0 bridgehead atoms. The van der Waals surface area contributed by atoms with Gasteiger partial charge in [0.15, 0.2) is 0 Å². The van der Waals surface area contributed by atoms with Gasteiger partial charge >= 0.3 is 0 Å². The molecule has 0 aromatic carbocycles. The van der Waals surface area contributed by atoms with Crippen molar-refractivity contribution in [2.24, 2.45) is 11.8 Å². The van der Waals surface area contributed by atoms with Crippen molar-refractivity contribution in [3.05, 3.63) is 30.4 Å². The second-order valence-electron chi connectivity index (χ2n) is 6.41. The molecule has 2 amide bonds. The molecule has 3 atom stereocenters. The highest BCUT2D eigenvalue weighted by molar-refractivity contribution is 6.05. The second kappa shape index (κ2) is 5.81. The maximum atomic E-state index is 12.6. The van der Waals surface area contributed by atoms with Gasteiger partial charge in [-0.15, -0.1) is 0 Å². The van der Waals surface area contributed by atoms with Crippen LogP contribution in [0.5, 0.6) is 0 Å². The lowest BCUT2D eigenvalue weighted by Crippen LogP contribution is -2.34. The van der Waals surface area contributed by atoms with Crippen LogP contribution >= 0.6 is 0 Å². The summed E-state index contributed by atoms with van der Waals surface area (Å²) in [4.78, 5) is 34.9. The molecule has 2 aromatic rings. The molecule has 124 valence electrons. The molecule has 2 aromatic heterocycles. The summed E-state index contributed by atoms with van der Waals surface area (Å²) in [7, 11) is 0. The van der Waals surface area contributed by atoms with Gasteiger partial charge in [-0.2, -0.15) is 4.98 Å². The smallest absolute Gasteiger partial charge is 0.249 e. The number of hydrogen-bond acceptors (Lipinski definition) is 6. The molecule has 1 aliphatic heterocycles. The molecule has 0 N–H and O–H groups in total. The molecule has 2 aliphatic rings. The van der Waals surface area contributed by atoms with Crippen LogP contribution in [0.3, 0.4) is 0 Å². The van der Waals surface area contributed by atoms with Gasteiger partial charge in [0.1, 0.15) is 6.04 Å². The number of amides is 2. The van der Waals surface area contributed by atoms with E-state index in [4.69, 9.17) is 4.52 Å². The maximum Gasteiger partial charge on any atom is 0.249 e. The second-order valence-corrected chi connectivity index (χ2v) is 6.41. The Morgan fingerprint density at radius 3 is 2.38 bits per heavy atom. The third-order valence-corrected chi connectivity index (χ3v) is 5.00. The molecule has 1 saturated carbocycles. The van der Waals surface area contributed by atoms with Crippen molar-refractivity contribution in [1.82, 2.24) is 20.0 Å². The Labute approximate surface area is 139 Å². The van der Waals surface area contributed by atoms with E-state index in [1.165, 1.54) is 4.90 Å². The van der Waals surface area contributed by atoms with E-state index in [9.17, 15) is 9.59 Å². The summed E-state index contributed by atoms with van der Waals surface area (Å²) in [5, 5.41) is 3.96. The lowest BCUT2D eigenvalue weighted by molar-refractivity contribution is -0.143. The third kappa shape index (κ3) is 2.31. The van der Waals surface area contributed by atoms with Crippen LogP contribution in [0.15, 0.2) is 29.0 Å². The van der Waals surface area contributed by atoms with Crippen molar-refractivity contribution >= 4 is 11.8 Å². The number of rotatable bonds is 3. The van der Waals surface area contributed by atoms with Gasteiger partial charge in [-0.25, -0.2) is 0 Å². The molecular formula is C17H18N4O3. The minimum atomic E-state index is -0.543. The lowest BCUT2D eigenvalue weighted by atomic mass is 9.81. The van der Waals surface area contributed by atoms with Gasteiger partial charge in [0.2, 0.25) is 23.5 Å². The molecule has 24 heavy (non-hydrogen) atoms. The van der Waals surface area contributed by atoms with Gasteiger partial charge in [-0.1, -0.05) is 18.0 Å². The fourth-order valence-corrected chi connectivity index (χ4v) is 3.70. The zero-order valence-corrected chi connectivity index (χ0v) is 13.4. The quantitative estimate of drug-likeness (QED) is 0.804. The maximum absolute atomic E-state index is 12.6. The average Bonchev–Trinajstić information content (AvgIpc) is 3.20. The molecule has 4 rings (SSSR count). The Kier molecular flexibility index (Phi) is 3.63. The van der Waals surface area contributed by atoms with Crippen LogP contribution in [-0.2, 0) is 9.59 Å². The largest absolute Gasteiger partial charge is 0.337 e. The normalized spacial score (nSPS) is 25.0. The monoisotopic (exact) mass is 326 g/mol. The number of carbonyl (C=O) groups is 2. The van der Waals surface area contributed by atoms with Crippen molar-refractivity contribution in [2.45, 2.75) is 38.6 Å². The van der Waals surface area contributed by atoms with Crippen LogP contribution in [0.2, 0.25) is 0 Å². The molecule has 1 saturated heterocycles. The first kappa shape index (κ1) is 15.0. The SMILES string of the molecule is C[C@@H](c1nc(-c2ccncc2)no1)N1C(=O)[C@H]2CCCC[C@H]2C1=O. The van der Waals surface area contributed by atoms with E-state index in [0.717, 1.165) is 31.2 Å². The zero-order chi connectivity index (χ0) is 16.7. The summed E-state index contributed by atoms with van der Waals surface area (Å²) in [6.45, 7) is 1.76. The number of nitrogens with zero attached hydrogens (tertiary/aromatic N) is 4. The number of aromatic nitrogens is 3. The topological polar surface area (TPSA) is 89.2 Å². The molecule has 7 nitrogen and oxygen atoms in total. The number of likely N-dealkylation sites (tertiary alicyclic amines) is 1. The standard InChI is InChI=1S/C17H18N4O3/c1-10(15-19-14(20-24-15)11-6-8-18-9-7-11)21-16(22)12-4-2-3-5-13(12)17(21)23/h6-10,12-13H,2-5H2,1H3/t10-,12-,13+/m0/s1. The van der Waals surface area contributed by atoms with Gasteiger partial charge in [-0.3, -0.25) is 19.5 Å². The van der Waals surface area contributed by atoms with E-state index in [0.29, 0.717) is 5.82 Å². The molecule has 0 spiro atoms. The fraction of sp³-hybridized carbons (Fsp3) is 0.471. The van der Waals surface area contributed by atoms with E-state index in [1.807, 2.05) is 0 Å². The number of imide groups is 1. The van der Waals surface area contributed by atoms with E-state index < -0.39 is 6.04 Å². The Balaban J connectivity index is 1.60. The zero-order valence-electron chi connectivity index (χ0n) is 13.4. The summed E-state index contributed by atoms with van der Waals surface area (Å²) in [6.07, 6.45) is 6.90. The molecular weight excluding hydrogens is 308 g/mol. The van der Waals surface area contributed by atoms with Gasteiger partial charge < -0.3 is 4.52 Å². The molecule has 0 unspecified atom stereocenters. The molecule has 1 aliphatic carbocycles. The Bertz CT molecular complexity index is 749. The van der Waals surface area contributed by atoms with Gasteiger partial charge in [0.25, 0.3) is 0 Å². The molecule has 7 heteroatoms. The Morgan fingerprint density at radius 2 is 1.75 bits per heavy atom. The molecule has 2 fully saturated rings. The minimum absolute atomic E-state index is 0.0964. The first-order valence-electron chi connectivity index (χ1n) is 8.27. The highest BCUT2D eigenvalue weighted by Crippen LogP contribution is 2.41. The van der Waals surface area contributed by atoms with E-state index in [2.05, 4.69) is 15.1 Å². The minimum Gasteiger partial charge on any atom is -0.337 e.